The van der Waals surface area contributed by atoms with E-state index in [0.29, 0.717) is 19.3 Å². The molecule has 7 nitrogen and oxygen atoms in total. The number of alkyl halides is 1. The van der Waals surface area contributed by atoms with Gasteiger partial charge < -0.3 is 14.9 Å². The Morgan fingerprint density at radius 2 is 1.97 bits per heavy atom. The van der Waals surface area contributed by atoms with Crippen LogP contribution in [-0.2, 0) is 14.3 Å². The number of allylic oxidation sites excluding steroid dienone is 4. The number of fused-ring (bicyclic) bond motifs is 5. The van der Waals surface area contributed by atoms with Crippen molar-refractivity contribution in [2.24, 2.45) is 34.5 Å². The first-order chi connectivity index (χ1) is 17.1. The minimum atomic E-state index is -2.08. The average molecular weight is 498 g/mol. The summed E-state index contributed by atoms with van der Waals surface area (Å²) in [6.45, 7) is 2.22. The van der Waals surface area contributed by atoms with E-state index in [2.05, 4.69) is 4.98 Å². The highest BCUT2D eigenvalue weighted by molar-refractivity contribution is 6.01. The molecule has 8 heteroatoms. The summed E-state index contributed by atoms with van der Waals surface area (Å²) in [5, 5.41) is 23.4. The van der Waals surface area contributed by atoms with Crippen molar-refractivity contribution in [2.45, 2.75) is 51.2 Å². The van der Waals surface area contributed by atoms with Crippen LogP contribution in [0.5, 0.6) is 0 Å². The van der Waals surface area contributed by atoms with Crippen LogP contribution in [0, 0.1) is 34.5 Å². The summed E-state index contributed by atoms with van der Waals surface area (Å²) in [7, 11) is 0. The van der Waals surface area contributed by atoms with Gasteiger partial charge in [-0.05, 0) is 61.8 Å². The lowest BCUT2D eigenvalue weighted by Crippen LogP contribution is -2.63. The van der Waals surface area contributed by atoms with Gasteiger partial charge in [-0.3, -0.25) is 19.0 Å². The molecule has 0 saturated heterocycles. The second kappa shape index (κ2) is 8.70. The predicted octanol–water partition coefficient (Wildman–Crippen LogP) is 3.01. The Hall–Kier alpha value is -2.71. The number of esters is 1. The number of ketones is 2. The van der Waals surface area contributed by atoms with Gasteiger partial charge in [-0.2, -0.15) is 0 Å². The minimum absolute atomic E-state index is 0.0595. The third kappa shape index (κ3) is 3.44. The van der Waals surface area contributed by atoms with Gasteiger partial charge in [0.2, 0.25) is 5.78 Å². The maximum Gasteiger partial charge on any atom is 0.338 e. The average Bonchev–Trinajstić information content (AvgIpc) is 3.10. The van der Waals surface area contributed by atoms with Gasteiger partial charge in [0.05, 0.1) is 18.3 Å². The van der Waals surface area contributed by atoms with Crippen molar-refractivity contribution in [3.63, 3.8) is 0 Å². The van der Waals surface area contributed by atoms with Gasteiger partial charge in [0, 0.05) is 35.1 Å². The molecule has 4 aliphatic rings. The van der Waals surface area contributed by atoms with Crippen LogP contribution in [0.15, 0.2) is 48.3 Å². The molecule has 3 fully saturated rings. The number of nitrogens with zero attached hydrogens (tertiary/aromatic N) is 1. The highest BCUT2D eigenvalue weighted by Crippen LogP contribution is 2.68. The van der Waals surface area contributed by atoms with E-state index in [1.54, 1.807) is 19.1 Å². The van der Waals surface area contributed by atoms with Gasteiger partial charge in [0.1, 0.15) is 5.60 Å². The van der Waals surface area contributed by atoms with Crippen LogP contribution >= 0.6 is 0 Å². The largest absolute Gasteiger partial charge is 0.454 e. The molecule has 3 saturated carbocycles. The Morgan fingerprint density at radius 1 is 1.25 bits per heavy atom. The van der Waals surface area contributed by atoms with E-state index in [-0.39, 0.29) is 35.5 Å². The number of carbonyl (C=O) groups excluding carboxylic acids is 3. The lowest BCUT2D eigenvalue weighted by Gasteiger charge is -2.59. The van der Waals surface area contributed by atoms with Crippen LogP contribution in [0.3, 0.4) is 0 Å². The van der Waals surface area contributed by atoms with Gasteiger partial charge in [-0.15, -0.1) is 0 Å². The van der Waals surface area contributed by atoms with Crippen LogP contribution in [0.2, 0.25) is 0 Å². The van der Waals surface area contributed by atoms with E-state index in [0.717, 1.165) is 5.57 Å². The number of aliphatic hydroxyl groups is 2. The molecule has 192 valence electrons. The number of aliphatic hydroxyl groups excluding tert-OH is 1. The van der Waals surface area contributed by atoms with Crippen molar-refractivity contribution in [2.75, 3.05) is 13.3 Å². The second-order valence-corrected chi connectivity index (χ2v) is 11.3. The van der Waals surface area contributed by atoms with Crippen LogP contribution in [0.4, 0.5) is 4.39 Å². The summed E-state index contributed by atoms with van der Waals surface area (Å²) in [6, 6.07) is 2.91. The summed E-state index contributed by atoms with van der Waals surface area (Å²) < 4.78 is 19.6. The van der Waals surface area contributed by atoms with Crippen LogP contribution in [0.25, 0.3) is 0 Å². The first kappa shape index (κ1) is 25.0. The molecule has 1 aromatic heterocycles. The first-order valence-electron chi connectivity index (χ1n) is 12.6. The quantitative estimate of drug-likeness (QED) is 0.601. The number of ether oxygens (including phenoxy) is 1. The van der Waals surface area contributed by atoms with Crippen molar-refractivity contribution in [3.05, 3.63) is 53.9 Å². The van der Waals surface area contributed by atoms with E-state index < -0.39 is 53.5 Å². The fraction of sp³-hybridized carbons (Fsp3) is 0.571. The predicted molar refractivity (Wildman–Crippen MR) is 127 cm³/mol. The molecule has 8 atom stereocenters. The first-order valence-corrected chi connectivity index (χ1v) is 12.6. The maximum atomic E-state index is 14.4. The Morgan fingerprint density at radius 3 is 2.67 bits per heavy atom. The number of rotatable bonds is 5. The number of Topliss-reactive ketones (excluding diaryl/α,β-unsaturated/α-hetero) is 1. The van der Waals surface area contributed by atoms with Gasteiger partial charge >= 0.3 is 5.97 Å². The summed E-state index contributed by atoms with van der Waals surface area (Å²) in [5.41, 5.74) is -2.46. The van der Waals surface area contributed by atoms with E-state index in [1.165, 1.54) is 24.5 Å². The monoisotopic (exact) mass is 497 g/mol. The van der Waals surface area contributed by atoms with Gasteiger partial charge in [0.25, 0.3) is 0 Å². The van der Waals surface area contributed by atoms with Crippen molar-refractivity contribution >= 4 is 17.5 Å². The van der Waals surface area contributed by atoms with Gasteiger partial charge in [0.15, 0.2) is 12.4 Å². The number of hydrogen-bond acceptors (Lipinski definition) is 7. The highest BCUT2D eigenvalue weighted by Gasteiger charge is 2.71. The topological polar surface area (TPSA) is 114 Å². The van der Waals surface area contributed by atoms with Crippen molar-refractivity contribution in [1.82, 2.24) is 4.98 Å². The molecule has 0 unspecified atom stereocenters. The molecule has 0 spiro atoms. The minimum Gasteiger partial charge on any atom is -0.454 e. The smallest absolute Gasteiger partial charge is 0.338 e. The van der Waals surface area contributed by atoms with Crippen LogP contribution in [0.1, 0.15) is 49.9 Å². The Kier molecular flexibility index (Phi) is 6.03. The van der Waals surface area contributed by atoms with Crippen molar-refractivity contribution in [1.29, 1.82) is 0 Å². The Balaban J connectivity index is 1.43. The summed E-state index contributed by atoms with van der Waals surface area (Å²) in [6.07, 6.45) is 8.85. The molecule has 1 heterocycles. The molecule has 0 bridgehead atoms. The van der Waals surface area contributed by atoms with Crippen LogP contribution < -0.4 is 0 Å². The summed E-state index contributed by atoms with van der Waals surface area (Å²) in [4.78, 5) is 41.7. The molecule has 2 N–H and O–H groups in total. The van der Waals surface area contributed by atoms with Crippen LogP contribution in [-0.4, -0.2) is 57.7 Å². The van der Waals surface area contributed by atoms with E-state index >= 15 is 0 Å². The molecule has 4 aliphatic carbocycles. The fourth-order valence-corrected chi connectivity index (χ4v) is 8.02. The number of carbonyl (C=O) groups is 3. The maximum absolute atomic E-state index is 14.4. The lowest BCUT2D eigenvalue weighted by atomic mass is 9.46. The Labute approximate surface area is 209 Å². The normalized spacial score (nSPS) is 41.1. The zero-order chi connectivity index (χ0) is 25.9. The van der Waals surface area contributed by atoms with Crippen molar-refractivity contribution in [3.8, 4) is 0 Å². The summed E-state index contributed by atoms with van der Waals surface area (Å²) in [5.74, 6) is -2.96. The molecular formula is C28H32FNO6. The van der Waals surface area contributed by atoms with E-state index in [4.69, 9.17) is 4.74 Å². The highest BCUT2D eigenvalue weighted by atomic mass is 19.1. The molecule has 0 aliphatic heterocycles. The third-order valence-electron chi connectivity index (χ3n) is 9.75. The molecule has 0 amide bonds. The van der Waals surface area contributed by atoms with E-state index in [1.807, 2.05) is 13.0 Å². The van der Waals surface area contributed by atoms with Gasteiger partial charge in [-0.1, -0.05) is 25.5 Å². The zero-order valence-corrected chi connectivity index (χ0v) is 20.5. The molecule has 0 radical (unpaired) electrons. The molecule has 36 heavy (non-hydrogen) atoms. The summed E-state index contributed by atoms with van der Waals surface area (Å²) >= 11 is 0. The molecule has 5 rings (SSSR count). The number of hydrogen-bond donors (Lipinski definition) is 2. The number of halogens is 1. The standard InChI is InChI=1S/C28H32FNO6/c1-26-8-5-19(31)11-17(26)3-4-20-21-12-18(14-29)28(35,27(21,2)13-22(32)24(20)26)23(33)15-36-25(34)16-6-9-30-10-7-16/h5-11,18,20-22,24,32,35H,3-4,12-15H2,1-2H3/t18-,20-,21-,22-,24+,26-,27-,28-/m0/s1. The molecular weight excluding hydrogens is 465 g/mol. The van der Waals surface area contributed by atoms with Gasteiger partial charge in [-0.25, -0.2) is 4.79 Å². The second-order valence-electron chi connectivity index (χ2n) is 11.3. The fourth-order valence-electron chi connectivity index (χ4n) is 8.02. The number of pyridine rings is 1. The zero-order valence-electron chi connectivity index (χ0n) is 20.5. The number of aromatic nitrogens is 1. The van der Waals surface area contributed by atoms with Crippen molar-refractivity contribution < 1.29 is 33.7 Å². The Bertz CT molecular complexity index is 1150. The SMILES string of the molecule is C[C@]12C=CC(=O)C=C1CC[C@@H]1[C@@H]2[C@@H](O)C[C@@]2(C)[C@H]1C[C@@H](CF)[C@]2(O)C(=O)COC(=O)c1ccncc1. The molecule has 1 aromatic rings. The van der Waals surface area contributed by atoms with E-state index in [9.17, 15) is 29.0 Å². The lowest BCUT2D eigenvalue weighted by molar-refractivity contribution is -0.185. The molecule has 0 aromatic carbocycles. The third-order valence-corrected chi connectivity index (χ3v) is 9.75.